The maximum atomic E-state index is 14.5. The smallest absolute Gasteiger partial charge is 0.313 e. The lowest BCUT2D eigenvalue weighted by Gasteiger charge is -2.37. The number of rotatable bonds is 8. The predicted molar refractivity (Wildman–Crippen MR) is 148 cm³/mol. The van der Waals surface area contributed by atoms with Gasteiger partial charge in [0.05, 0.1) is 23.6 Å². The monoisotopic (exact) mass is 563 g/mol. The molecule has 0 aliphatic carbocycles. The van der Waals surface area contributed by atoms with Crippen molar-refractivity contribution in [1.82, 2.24) is 24.8 Å². The SMILES string of the molecule is C[C@@]12/C=C\CCCOC(=O)[C@@H]1[C@H]1C(=O)N(CCCCCCO)C3C(=O)N(Cn4nnc5ccccc54)CC=C[C@@]31O2. The van der Waals surface area contributed by atoms with E-state index in [0.29, 0.717) is 32.4 Å². The molecule has 5 heterocycles. The van der Waals surface area contributed by atoms with E-state index < -0.39 is 35.0 Å². The Morgan fingerprint density at radius 3 is 2.71 bits per heavy atom. The molecule has 2 fully saturated rings. The number of unbranched alkanes of at least 4 members (excludes halogenated alkanes) is 3. The maximum absolute atomic E-state index is 14.5. The maximum Gasteiger partial charge on any atom is 0.313 e. The molecule has 2 amide bonds. The average Bonchev–Trinajstić information content (AvgIpc) is 3.53. The summed E-state index contributed by atoms with van der Waals surface area (Å²) in [4.78, 5) is 45.6. The van der Waals surface area contributed by atoms with Crippen molar-refractivity contribution in [2.75, 3.05) is 26.3 Å². The van der Waals surface area contributed by atoms with Crippen LogP contribution in [0.1, 0.15) is 45.4 Å². The van der Waals surface area contributed by atoms with Crippen LogP contribution in [0.3, 0.4) is 0 Å². The number of hydrogen-bond acceptors (Lipinski definition) is 8. The summed E-state index contributed by atoms with van der Waals surface area (Å²) in [5, 5.41) is 17.7. The van der Waals surface area contributed by atoms with E-state index in [4.69, 9.17) is 9.47 Å². The second kappa shape index (κ2) is 11.0. The number of carbonyl (C=O) groups is 3. The first kappa shape index (κ1) is 27.6. The third-order valence-electron chi connectivity index (χ3n) is 8.87. The van der Waals surface area contributed by atoms with E-state index in [1.807, 2.05) is 55.5 Å². The van der Waals surface area contributed by atoms with E-state index in [2.05, 4.69) is 10.3 Å². The Morgan fingerprint density at radius 2 is 1.85 bits per heavy atom. The average molecular weight is 564 g/mol. The number of para-hydroxylation sites is 1. The number of aromatic nitrogens is 3. The van der Waals surface area contributed by atoms with Crippen LogP contribution in [0.2, 0.25) is 0 Å². The minimum absolute atomic E-state index is 0.120. The van der Waals surface area contributed by atoms with Gasteiger partial charge in [0.2, 0.25) is 5.91 Å². The lowest BCUT2D eigenvalue weighted by molar-refractivity contribution is -0.160. The lowest BCUT2D eigenvalue weighted by Crippen LogP contribution is -2.56. The molecular weight excluding hydrogens is 526 g/mol. The number of carbonyl (C=O) groups excluding carboxylic acids is 3. The first-order valence-electron chi connectivity index (χ1n) is 14.6. The Labute approximate surface area is 238 Å². The Balaban J connectivity index is 1.38. The molecule has 5 atom stereocenters. The number of aliphatic hydroxyl groups excluding tert-OH is 1. The summed E-state index contributed by atoms with van der Waals surface area (Å²) in [6, 6.07) is 6.61. The van der Waals surface area contributed by atoms with Crippen molar-refractivity contribution >= 4 is 28.8 Å². The van der Waals surface area contributed by atoms with Crippen molar-refractivity contribution in [3.05, 3.63) is 48.6 Å². The third-order valence-corrected chi connectivity index (χ3v) is 8.87. The largest absolute Gasteiger partial charge is 0.465 e. The molecule has 41 heavy (non-hydrogen) atoms. The summed E-state index contributed by atoms with van der Waals surface area (Å²) in [7, 11) is 0. The van der Waals surface area contributed by atoms with Gasteiger partial charge in [0, 0.05) is 19.7 Å². The van der Waals surface area contributed by atoms with Crippen LogP contribution in [0.5, 0.6) is 0 Å². The number of esters is 1. The number of benzene rings is 1. The second-order valence-electron chi connectivity index (χ2n) is 11.6. The molecule has 2 aromatic rings. The van der Waals surface area contributed by atoms with E-state index in [0.717, 1.165) is 30.3 Å². The summed E-state index contributed by atoms with van der Waals surface area (Å²) in [6.07, 6.45) is 12.0. The summed E-state index contributed by atoms with van der Waals surface area (Å²) in [6.45, 7) is 3.01. The highest BCUT2D eigenvalue weighted by Gasteiger charge is 2.74. The fraction of sp³-hybridized carbons (Fsp3) is 0.567. The van der Waals surface area contributed by atoms with Gasteiger partial charge in [0.15, 0.2) is 0 Å². The topological polar surface area (TPSA) is 127 Å². The first-order chi connectivity index (χ1) is 19.9. The van der Waals surface area contributed by atoms with Crippen LogP contribution in [0, 0.1) is 11.8 Å². The number of likely N-dealkylation sites (tertiary alicyclic amines) is 1. The highest BCUT2D eigenvalue weighted by atomic mass is 16.6. The van der Waals surface area contributed by atoms with Crippen LogP contribution < -0.4 is 0 Å². The number of fused-ring (bicyclic) bond motifs is 3. The van der Waals surface area contributed by atoms with Gasteiger partial charge in [-0.15, -0.1) is 5.10 Å². The van der Waals surface area contributed by atoms with Crippen molar-refractivity contribution in [2.45, 2.75) is 69.4 Å². The molecule has 218 valence electrons. The molecule has 1 N–H and O–H groups in total. The van der Waals surface area contributed by atoms with Gasteiger partial charge in [-0.1, -0.05) is 54.5 Å². The Morgan fingerprint density at radius 1 is 1.02 bits per heavy atom. The molecule has 1 spiro atoms. The molecule has 11 heteroatoms. The molecule has 0 bridgehead atoms. The molecule has 1 aromatic carbocycles. The van der Waals surface area contributed by atoms with Crippen molar-refractivity contribution in [2.24, 2.45) is 11.8 Å². The van der Waals surface area contributed by atoms with Gasteiger partial charge in [0.1, 0.15) is 29.7 Å². The standard InChI is InChI=1S/C30H37N5O6/c1-29-14-7-4-10-19-40-28(39)24(29)23-26(37)34(17-8-2-3-9-18-36)25-27(38)33(16-11-15-30(23,25)41-29)20-35-22-13-6-5-12-21(22)31-32-35/h5-7,11-15,23-25,36H,2-4,8-10,16-20H2,1H3/b14-7-/t23-,24-,25?,29+,30-/m0/s1. The number of amides is 2. The summed E-state index contributed by atoms with van der Waals surface area (Å²) in [5.74, 6) is -2.75. The zero-order valence-corrected chi connectivity index (χ0v) is 23.4. The van der Waals surface area contributed by atoms with E-state index >= 15 is 0 Å². The van der Waals surface area contributed by atoms with Gasteiger partial charge < -0.3 is 24.4 Å². The Hall–Kier alpha value is -3.57. The van der Waals surface area contributed by atoms with Gasteiger partial charge in [-0.3, -0.25) is 14.4 Å². The summed E-state index contributed by atoms with van der Waals surface area (Å²) >= 11 is 0. The third kappa shape index (κ3) is 4.64. The molecule has 4 aliphatic rings. The van der Waals surface area contributed by atoms with Crippen LogP contribution in [0.15, 0.2) is 48.6 Å². The second-order valence-corrected chi connectivity index (χ2v) is 11.6. The van der Waals surface area contributed by atoms with E-state index in [9.17, 15) is 19.5 Å². The van der Waals surface area contributed by atoms with Crippen LogP contribution in [-0.2, 0) is 30.5 Å². The molecule has 2 saturated heterocycles. The van der Waals surface area contributed by atoms with Crippen molar-refractivity contribution in [3.63, 3.8) is 0 Å². The molecule has 1 aromatic heterocycles. The van der Waals surface area contributed by atoms with E-state index in [-0.39, 0.29) is 31.7 Å². The van der Waals surface area contributed by atoms with Crippen LogP contribution in [0.4, 0.5) is 0 Å². The molecule has 0 saturated carbocycles. The van der Waals surface area contributed by atoms with E-state index in [1.165, 1.54) is 0 Å². The lowest BCUT2D eigenvalue weighted by atomic mass is 9.74. The quantitative estimate of drug-likeness (QED) is 0.294. The van der Waals surface area contributed by atoms with Crippen molar-refractivity contribution < 1.29 is 29.0 Å². The zero-order chi connectivity index (χ0) is 28.6. The van der Waals surface area contributed by atoms with Crippen LogP contribution in [-0.4, -0.2) is 91.2 Å². The highest BCUT2D eigenvalue weighted by Crippen LogP contribution is 2.57. The number of aliphatic hydroxyl groups is 1. The molecular formula is C30H37N5O6. The molecule has 4 aliphatic heterocycles. The van der Waals surface area contributed by atoms with Gasteiger partial charge >= 0.3 is 5.97 Å². The number of allylic oxidation sites excluding steroid dienone is 1. The molecule has 1 unspecified atom stereocenters. The minimum atomic E-state index is -1.32. The van der Waals surface area contributed by atoms with Gasteiger partial charge in [-0.2, -0.15) is 0 Å². The van der Waals surface area contributed by atoms with Crippen molar-refractivity contribution in [3.8, 4) is 0 Å². The van der Waals surface area contributed by atoms with Gasteiger partial charge in [-0.25, -0.2) is 4.68 Å². The highest BCUT2D eigenvalue weighted by molar-refractivity contribution is 5.99. The summed E-state index contributed by atoms with van der Waals surface area (Å²) < 4.78 is 14.1. The number of ether oxygens (including phenoxy) is 2. The molecule has 11 nitrogen and oxygen atoms in total. The fourth-order valence-electron chi connectivity index (χ4n) is 6.98. The fourth-order valence-corrected chi connectivity index (χ4v) is 6.98. The normalized spacial score (nSPS) is 32.1. The molecule has 0 radical (unpaired) electrons. The predicted octanol–water partition coefficient (Wildman–Crippen LogP) is 2.20. The first-order valence-corrected chi connectivity index (χ1v) is 14.6. The Kier molecular flexibility index (Phi) is 7.41. The van der Waals surface area contributed by atoms with Crippen molar-refractivity contribution in [1.29, 1.82) is 0 Å². The zero-order valence-electron chi connectivity index (χ0n) is 23.4. The minimum Gasteiger partial charge on any atom is -0.465 e. The Bertz CT molecular complexity index is 1390. The number of nitrogens with zero attached hydrogens (tertiary/aromatic N) is 5. The van der Waals surface area contributed by atoms with Crippen LogP contribution >= 0.6 is 0 Å². The number of hydrogen-bond donors (Lipinski definition) is 1. The van der Waals surface area contributed by atoms with E-state index in [1.54, 1.807) is 14.5 Å². The number of cyclic esters (lactones) is 1. The van der Waals surface area contributed by atoms with Gasteiger partial charge in [0.25, 0.3) is 5.91 Å². The molecule has 6 rings (SSSR count). The van der Waals surface area contributed by atoms with Crippen LogP contribution in [0.25, 0.3) is 11.0 Å². The summed E-state index contributed by atoms with van der Waals surface area (Å²) in [5.41, 5.74) is -0.890. The van der Waals surface area contributed by atoms with Gasteiger partial charge in [-0.05, 0) is 44.7 Å².